The Bertz CT molecular complexity index is 867. The molecule has 29 heavy (non-hydrogen) atoms. The van der Waals surface area contributed by atoms with Crippen molar-refractivity contribution in [3.8, 4) is 5.75 Å². The van der Waals surface area contributed by atoms with E-state index in [4.69, 9.17) is 0 Å². The molecule has 156 valence electrons. The van der Waals surface area contributed by atoms with Crippen molar-refractivity contribution in [2.75, 3.05) is 42.9 Å². The smallest absolute Gasteiger partial charge is 0.406 e. The predicted octanol–water partition coefficient (Wildman–Crippen LogP) is 3.08. The van der Waals surface area contributed by atoms with Gasteiger partial charge in [0.2, 0.25) is 5.95 Å². The van der Waals surface area contributed by atoms with Crippen LogP contribution >= 0.6 is 0 Å². The molecular formula is C19H22F3N5O2. The number of benzene rings is 1. The second-order valence-electron chi connectivity index (χ2n) is 6.58. The molecule has 3 rings (SSSR count). The van der Waals surface area contributed by atoms with Crippen molar-refractivity contribution < 1.29 is 22.7 Å². The van der Waals surface area contributed by atoms with E-state index in [0.29, 0.717) is 32.1 Å². The van der Waals surface area contributed by atoms with Crippen LogP contribution in [-0.2, 0) is 0 Å². The summed E-state index contributed by atoms with van der Waals surface area (Å²) >= 11 is 0. The number of rotatable bonds is 5. The number of hydrogen-bond acceptors (Lipinski definition) is 6. The molecule has 1 saturated heterocycles. The molecule has 1 aliphatic heterocycles. The number of nitrogens with one attached hydrogen (secondary N) is 1. The summed E-state index contributed by atoms with van der Waals surface area (Å²) in [5.41, 5.74) is 0.993. The van der Waals surface area contributed by atoms with Crippen molar-refractivity contribution >= 4 is 17.7 Å². The van der Waals surface area contributed by atoms with Gasteiger partial charge in [0.05, 0.1) is 0 Å². The summed E-state index contributed by atoms with van der Waals surface area (Å²) < 4.78 is 41.1. The molecule has 2 heterocycles. The fraction of sp³-hybridized carbons (Fsp3) is 0.421. The Labute approximate surface area is 166 Å². The maximum Gasteiger partial charge on any atom is 0.573 e. The van der Waals surface area contributed by atoms with Gasteiger partial charge >= 0.3 is 6.36 Å². The maximum absolute atomic E-state index is 12.7. The number of aromatic nitrogens is 2. The Balaban J connectivity index is 1.65. The van der Waals surface area contributed by atoms with Crippen molar-refractivity contribution in [1.82, 2.24) is 14.9 Å². The zero-order chi connectivity index (χ0) is 21.0. The van der Waals surface area contributed by atoms with E-state index in [9.17, 15) is 18.0 Å². The highest BCUT2D eigenvalue weighted by atomic mass is 19.4. The quantitative estimate of drug-likeness (QED) is 0.819. The van der Waals surface area contributed by atoms with Crippen molar-refractivity contribution in [3.63, 3.8) is 0 Å². The van der Waals surface area contributed by atoms with Crippen LogP contribution < -0.4 is 15.0 Å². The maximum atomic E-state index is 12.7. The number of alkyl halides is 3. The van der Waals surface area contributed by atoms with E-state index >= 15 is 0 Å². The first-order chi connectivity index (χ1) is 13.7. The van der Waals surface area contributed by atoms with Crippen molar-refractivity contribution in [3.05, 3.63) is 41.6 Å². The predicted molar refractivity (Wildman–Crippen MR) is 102 cm³/mol. The largest absolute Gasteiger partial charge is 0.573 e. The number of nitrogens with zero attached hydrogens (tertiary/aromatic N) is 4. The molecule has 7 nitrogen and oxygen atoms in total. The van der Waals surface area contributed by atoms with Crippen molar-refractivity contribution in [2.24, 2.45) is 0 Å². The Kier molecular flexibility index (Phi) is 6.09. The summed E-state index contributed by atoms with van der Waals surface area (Å²) in [7, 11) is 0. The third kappa shape index (κ3) is 5.49. The summed E-state index contributed by atoms with van der Waals surface area (Å²) in [6, 6.07) is 6.98. The first-order valence-electron chi connectivity index (χ1n) is 9.25. The number of anilines is 2. The van der Waals surface area contributed by atoms with E-state index in [0.717, 1.165) is 24.1 Å². The number of ether oxygens (including phenoxy) is 1. The van der Waals surface area contributed by atoms with Crippen LogP contribution in [0.2, 0.25) is 0 Å². The Morgan fingerprint density at radius 1 is 1.17 bits per heavy atom. The van der Waals surface area contributed by atoms with Crippen LogP contribution in [0.1, 0.15) is 23.0 Å². The number of aryl methyl sites for hydroxylation is 1. The molecule has 1 amide bonds. The average molecular weight is 409 g/mol. The molecule has 0 atom stereocenters. The molecule has 1 aromatic heterocycles. The molecule has 1 N–H and O–H groups in total. The molecule has 1 aromatic carbocycles. The summed E-state index contributed by atoms with van der Waals surface area (Å²) in [6.07, 6.45) is -4.80. The second-order valence-corrected chi connectivity index (χ2v) is 6.58. The van der Waals surface area contributed by atoms with Crippen LogP contribution in [0, 0.1) is 6.92 Å². The summed E-state index contributed by atoms with van der Waals surface area (Å²) in [5.74, 6) is 0.588. The van der Waals surface area contributed by atoms with Crippen LogP contribution in [0.4, 0.5) is 24.9 Å². The molecule has 10 heteroatoms. The van der Waals surface area contributed by atoms with Gasteiger partial charge in [0.15, 0.2) is 0 Å². The minimum absolute atomic E-state index is 0.154. The molecule has 0 spiro atoms. The van der Waals surface area contributed by atoms with E-state index in [1.165, 1.54) is 18.2 Å². The third-order valence-electron chi connectivity index (χ3n) is 4.36. The summed E-state index contributed by atoms with van der Waals surface area (Å²) in [5, 5.41) is 3.16. The lowest BCUT2D eigenvalue weighted by Gasteiger charge is -2.35. The zero-order valence-corrected chi connectivity index (χ0v) is 16.2. The Hall–Kier alpha value is -3.04. The van der Waals surface area contributed by atoms with Gasteiger partial charge in [-0.1, -0.05) is 6.07 Å². The fourth-order valence-corrected chi connectivity index (χ4v) is 3.08. The van der Waals surface area contributed by atoms with E-state index in [1.54, 1.807) is 4.90 Å². The van der Waals surface area contributed by atoms with Gasteiger partial charge in [-0.15, -0.1) is 13.2 Å². The molecule has 1 fully saturated rings. The van der Waals surface area contributed by atoms with Crippen LogP contribution in [0.15, 0.2) is 30.3 Å². The number of carbonyl (C=O) groups is 1. The molecule has 0 aliphatic carbocycles. The van der Waals surface area contributed by atoms with Gasteiger partial charge in [-0.2, -0.15) is 4.98 Å². The lowest BCUT2D eigenvalue weighted by atomic mass is 10.1. The van der Waals surface area contributed by atoms with Gasteiger partial charge in [0.1, 0.15) is 11.6 Å². The number of piperazine rings is 1. The highest BCUT2D eigenvalue weighted by molar-refractivity contribution is 5.94. The van der Waals surface area contributed by atoms with E-state index in [-0.39, 0.29) is 11.5 Å². The van der Waals surface area contributed by atoms with E-state index in [2.05, 4.69) is 20.0 Å². The standard InChI is InChI=1S/C19H22F3N5O2/c1-3-23-16-11-13(2)24-18(25-16)27-9-7-26(8-10-27)17(28)14-5-4-6-15(12-14)29-19(20,21)22/h4-6,11-12H,3,7-10H2,1-2H3,(H,23,24,25). The third-order valence-corrected chi connectivity index (χ3v) is 4.36. The minimum Gasteiger partial charge on any atom is -0.406 e. The minimum atomic E-state index is -4.80. The van der Waals surface area contributed by atoms with Crippen LogP contribution in [-0.4, -0.2) is 59.9 Å². The lowest BCUT2D eigenvalue weighted by molar-refractivity contribution is -0.274. The number of carbonyl (C=O) groups excluding carboxylic acids is 1. The average Bonchev–Trinajstić information content (AvgIpc) is 2.66. The van der Waals surface area contributed by atoms with E-state index < -0.39 is 12.1 Å². The molecule has 0 radical (unpaired) electrons. The molecule has 0 bridgehead atoms. The zero-order valence-electron chi connectivity index (χ0n) is 16.2. The van der Waals surface area contributed by atoms with Gasteiger partial charge < -0.3 is 19.9 Å². The monoisotopic (exact) mass is 409 g/mol. The van der Waals surface area contributed by atoms with Crippen molar-refractivity contribution in [1.29, 1.82) is 0 Å². The van der Waals surface area contributed by atoms with Gasteiger partial charge in [-0.05, 0) is 32.0 Å². The van der Waals surface area contributed by atoms with Crippen molar-refractivity contribution in [2.45, 2.75) is 20.2 Å². The number of halogens is 3. The molecule has 2 aromatic rings. The SMILES string of the molecule is CCNc1cc(C)nc(N2CCN(C(=O)c3cccc(OC(F)(F)F)c3)CC2)n1. The van der Waals surface area contributed by atoms with Gasteiger partial charge in [0.25, 0.3) is 5.91 Å². The fourth-order valence-electron chi connectivity index (χ4n) is 3.08. The highest BCUT2D eigenvalue weighted by Gasteiger charge is 2.31. The Morgan fingerprint density at radius 2 is 1.90 bits per heavy atom. The normalized spacial score (nSPS) is 14.7. The van der Waals surface area contributed by atoms with Gasteiger partial charge in [-0.3, -0.25) is 4.79 Å². The molecule has 0 unspecified atom stereocenters. The number of amides is 1. The second kappa shape index (κ2) is 8.54. The van der Waals surface area contributed by atoms with Crippen LogP contribution in [0.3, 0.4) is 0 Å². The number of hydrogen-bond donors (Lipinski definition) is 1. The summed E-state index contributed by atoms with van der Waals surface area (Å²) in [4.78, 5) is 25.2. The van der Waals surface area contributed by atoms with Crippen LogP contribution in [0.5, 0.6) is 5.75 Å². The van der Waals surface area contributed by atoms with Gasteiger partial charge in [-0.25, -0.2) is 4.98 Å². The molecule has 0 saturated carbocycles. The van der Waals surface area contributed by atoms with E-state index in [1.807, 2.05) is 24.8 Å². The van der Waals surface area contributed by atoms with Crippen LogP contribution in [0.25, 0.3) is 0 Å². The lowest BCUT2D eigenvalue weighted by Crippen LogP contribution is -2.49. The summed E-state index contributed by atoms with van der Waals surface area (Å²) in [6.45, 7) is 6.50. The first kappa shape index (κ1) is 20.7. The van der Waals surface area contributed by atoms with Gasteiger partial charge in [0, 0.05) is 50.0 Å². The molecular weight excluding hydrogens is 387 g/mol. The topological polar surface area (TPSA) is 70.6 Å². The Morgan fingerprint density at radius 3 is 2.55 bits per heavy atom. The first-order valence-corrected chi connectivity index (χ1v) is 9.25. The highest BCUT2D eigenvalue weighted by Crippen LogP contribution is 2.24. The molecule has 1 aliphatic rings.